The number of carbonyl (C=O) groups is 1. The van der Waals surface area contributed by atoms with E-state index in [1.807, 2.05) is 11.4 Å². The number of aromatic nitrogens is 1. The predicted octanol–water partition coefficient (Wildman–Crippen LogP) is 3.37. The SMILES string of the molecule is NCCOCCOCCN1CC[C@@H](C(=O)Nc2csc(-c3ccc(Cl)c(Cl)c3)n2)C1. The van der Waals surface area contributed by atoms with Crippen LogP contribution in [0, 0.1) is 5.92 Å². The number of halogens is 2. The van der Waals surface area contributed by atoms with Gasteiger partial charge in [-0.15, -0.1) is 11.3 Å². The maximum Gasteiger partial charge on any atom is 0.230 e. The summed E-state index contributed by atoms with van der Waals surface area (Å²) in [5.74, 6) is 0.512. The minimum absolute atomic E-state index is 0.000378. The number of carbonyl (C=O) groups excluding carboxylic acids is 1. The van der Waals surface area contributed by atoms with Gasteiger partial charge in [0.2, 0.25) is 5.91 Å². The molecule has 0 spiro atoms. The monoisotopic (exact) mass is 472 g/mol. The molecule has 3 rings (SSSR count). The zero-order chi connectivity index (χ0) is 21.3. The fraction of sp³-hybridized carbons (Fsp3) is 0.500. The molecule has 3 N–H and O–H groups in total. The molecule has 1 fully saturated rings. The molecule has 2 aromatic rings. The summed E-state index contributed by atoms with van der Waals surface area (Å²) in [5, 5.41) is 6.53. The Kier molecular flexibility index (Phi) is 9.32. The summed E-state index contributed by atoms with van der Waals surface area (Å²) in [6.45, 7) is 5.23. The molecule has 10 heteroatoms. The third kappa shape index (κ3) is 6.88. The Balaban J connectivity index is 1.40. The molecular formula is C20H26Cl2N4O3S. The van der Waals surface area contributed by atoms with Gasteiger partial charge in [0.15, 0.2) is 0 Å². The van der Waals surface area contributed by atoms with Crippen LogP contribution >= 0.6 is 34.5 Å². The fourth-order valence-corrected chi connectivity index (χ4v) is 4.22. The first-order chi connectivity index (χ1) is 14.6. The Hall–Kier alpha value is -1.26. The summed E-state index contributed by atoms with van der Waals surface area (Å²) >= 11 is 13.5. The van der Waals surface area contributed by atoms with Gasteiger partial charge < -0.3 is 25.4 Å². The first-order valence-electron chi connectivity index (χ1n) is 9.86. The van der Waals surface area contributed by atoms with E-state index in [1.54, 1.807) is 12.1 Å². The van der Waals surface area contributed by atoms with Crippen molar-refractivity contribution in [1.29, 1.82) is 0 Å². The van der Waals surface area contributed by atoms with Crippen LogP contribution < -0.4 is 11.1 Å². The van der Waals surface area contributed by atoms with Crippen molar-refractivity contribution < 1.29 is 14.3 Å². The van der Waals surface area contributed by atoms with Crippen LogP contribution in [0.5, 0.6) is 0 Å². The van der Waals surface area contributed by atoms with Crippen molar-refractivity contribution in [2.45, 2.75) is 6.42 Å². The van der Waals surface area contributed by atoms with Gasteiger partial charge in [-0.3, -0.25) is 4.79 Å². The Labute approximate surface area is 190 Å². The molecule has 1 aromatic carbocycles. The molecule has 2 heterocycles. The number of hydrogen-bond acceptors (Lipinski definition) is 7. The summed E-state index contributed by atoms with van der Waals surface area (Å²) < 4.78 is 10.8. The first kappa shape index (κ1) is 23.4. The van der Waals surface area contributed by atoms with Crippen molar-refractivity contribution in [1.82, 2.24) is 9.88 Å². The second-order valence-corrected chi connectivity index (χ2v) is 8.63. The van der Waals surface area contributed by atoms with Crippen LogP contribution in [0.2, 0.25) is 10.0 Å². The van der Waals surface area contributed by atoms with Gasteiger partial charge in [0.1, 0.15) is 10.8 Å². The van der Waals surface area contributed by atoms with Crippen LogP contribution in [0.15, 0.2) is 23.6 Å². The molecule has 0 saturated carbocycles. The van der Waals surface area contributed by atoms with Crippen molar-refractivity contribution in [3.63, 3.8) is 0 Å². The smallest absolute Gasteiger partial charge is 0.230 e. The molecule has 0 unspecified atom stereocenters. The number of nitrogens with one attached hydrogen (secondary N) is 1. The summed E-state index contributed by atoms with van der Waals surface area (Å²) in [6, 6.07) is 5.37. The van der Waals surface area contributed by atoms with Crippen LogP contribution in [0.3, 0.4) is 0 Å². The number of amides is 1. The lowest BCUT2D eigenvalue weighted by molar-refractivity contribution is -0.119. The van der Waals surface area contributed by atoms with Crippen LogP contribution in [-0.2, 0) is 14.3 Å². The van der Waals surface area contributed by atoms with E-state index in [1.165, 1.54) is 11.3 Å². The lowest BCUT2D eigenvalue weighted by atomic mass is 10.1. The second kappa shape index (κ2) is 12.0. The highest BCUT2D eigenvalue weighted by molar-refractivity contribution is 7.13. The quantitative estimate of drug-likeness (QED) is 0.487. The van der Waals surface area contributed by atoms with Gasteiger partial charge in [-0.1, -0.05) is 29.3 Å². The van der Waals surface area contributed by atoms with E-state index in [4.69, 9.17) is 38.4 Å². The third-order valence-corrected chi connectivity index (χ3v) is 6.38. The zero-order valence-corrected chi connectivity index (χ0v) is 18.9. The van der Waals surface area contributed by atoms with E-state index in [2.05, 4.69) is 15.2 Å². The molecule has 0 aliphatic carbocycles. The average Bonchev–Trinajstić information content (AvgIpc) is 3.39. The largest absolute Gasteiger partial charge is 0.378 e. The van der Waals surface area contributed by atoms with Crippen LogP contribution in [0.4, 0.5) is 5.82 Å². The van der Waals surface area contributed by atoms with Crippen LogP contribution in [0.1, 0.15) is 6.42 Å². The fourth-order valence-electron chi connectivity index (χ4n) is 3.17. The normalized spacial score (nSPS) is 16.8. The average molecular weight is 473 g/mol. The second-order valence-electron chi connectivity index (χ2n) is 6.96. The number of thiazole rings is 1. The summed E-state index contributed by atoms with van der Waals surface area (Å²) in [7, 11) is 0. The van der Waals surface area contributed by atoms with Gasteiger partial charge in [0, 0.05) is 30.6 Å². The molecule has 164 valence electrons. The molecular weight excluding hydrogens is 447 g/mol. The number of benzene rings is 1. The van der Waals surface area contributed by atoms with Crippen molar-refractivity contribution in [2.24, 2.45) is 11.7 Å². The first-order valence-corrected chi connectivity index (χ1v) is 11.5. The number of ether oxygens (including phenoxy) is 2. The highest BCUT2D eigenvalue weighted by Crippen LogP contribution is 2.31. The maximum atomic E-state index is 12.6. The summed E-state index contributed by atoms with van der Waals surface area (Å²) in [4.78, 5) is 19.4. The van der Waals surface area contributed by atoms with Gasteiger partial charge >= 0.3 is 0 Å². The van der Waals surface area contributed by atoms with E-state index >= 15 is 0 Å². The molecule has 0 radical (unpaired) electrons. The third-order valence-electron chi connectivity index (χ3n) is 4.75. The predicted molar refractivity (Wildman–Crippen MR) is 121 cm³/mol. The van der Waals surface area contributed by atoms with Crippen molar-refractivity contribution in [3.05, 3.63) is 33.6 Å². The lowest BCUT2D eigenvalue weighted by Crippen LogP contribution is -2.29. The number of nitrogens with zero attached hydrogens (tertiary/aromatic N) is 2. The van der Waals surface area contributed by atoms with Gasteiger partial charge in [-0.25, -0.2) is 4.98 Å². The van der Waals surface area contributed by atoms with Crippen LogP contribution in [0.25, 0.3) is 10.6 Å². The van der Waals surface area contributed by atoms with Gasteiger partial charge in [-0.2, -0.15) is 0 Å². The highest BCUT2D eigenvalue weighted by atomic mass is 35.5. The molecule has 30 heavy (non-hydrogen) atoms. The minimum atomic E-state index is -0.0481. The number of nitrogens with two attached hydrogens (primary N) is 1. The molecule has 7 nitrogen and oxygen atoms in total. The molecule has 1 saturated heterocycles. The van der Waals surface area contributed by atoms with Gasteiger partial charge in [-0.05, 0) is 25.1 Å². The standard InChI is InChI=1S/C20H26Cl2N4O3S/c21-16-2-1-14(11-17(16)22)20-25-18(13-30-20)24-19(27)15-3-5-26(12-15)6-8-29-10-9-28-7-4-23/h1-2,11,13,15H,3-10,12,23H2,(H,24,27)/t15-/m1/s1. The Bertz CT molecular complexity index is 836. The summed E-state index contributed by atoms with van der Waals surface area (Å²) in [5.41, 5.74) is 6.23. The maximum absolute atomic E-state index is 12.6. The Morgan fingerprint density at radius 1 is 1.23 bits per heavy atom. The summed E-state index contributed by atoms with van der Waals surface area (Å²) in [6.07, 6.45) is 0.829. The highest BCUT2D eigenvalue weighted by Gasteiger charge is 2.28. The molecule has 1 amide bonds. The molecule has 1 aliphatic heterocycles. The minimum Gasteiger partial charge on any atom is -0.378 e. The number of hydrogen-bond donors (Lipinski definition) is 2. The molecule has 0 bridgehead atoms. The van der Waals surface area contributed by atoms with E-state index in [9.17, 15) is 4.79 Å². The van der Waals surface area contributed by atoms with Crippen LogP contribution in [-0.4, -0.2) is 68.4 Å². The topological polar surface area (TPSA) is 89.7 Å². The molecule has 1 aliphatic rings. The van der Waals surface area contributed by atoms with E-state index in [0.717, 1.165) is 36.6 Å². The van der Waals surface area contributed by atoms with E-state index < -0.39 is 0 Å². The number of rotatable bonds is 11. The Morgan fingerprint density at radius 2 is 2.03 bits per heavy atom. The van der Waals surface area contributed by atoms with Gasteiger partial charge in [0.05, 0.1) is 42.4 Å². The van der Waals surface area contributed by atoms with Crippen molar-refractivity contribution in [3.8, 4) is 10.6 Å². The van der Waals surface area contributed by atoms with Crippen molar-refractivity contribution >= 4 is 46.3 Å². The van der Waals surface area contributed by atoms with Gasteiger partial charge in [0.25, 0.3) is 0 Å². The lowest BCUT2D eigenvalue weighted by Gasteiger charge is -2.15. The Morgan fingerprint density at radius 3 is 2.80 bits per heavy atom. The number of likely N-dealkylation sites (tertiary alicyclic amines) is 1. The molecule has 1 atom stereocenters. The van der Waals surface area contributed by atoms with E-state index in [0.29, 0.717) is 48.8 Å². The molecule has 1 aromatic heterocycles. The van der Waals surface area contributed by atoms with Crippen molar-refractivity contribution in [2.75, 3.05) is 57.9 Å². The van der Waals surface area contributed by atoms with E-state index in [-0.39, 0.29) is 11.8 Å². The number of anilines is 1. The zero-order valence-electron chi connectivity index (χ0n) is 16.6.